The molecule has 0 aromatic rings. The molecule has 0 rings (SSSR count). The highest BCUT2D eigenvalue weighted by Crippen LogP contribution is 2.07. The molecule has 6 N–H and O–H groups in total. The Morgan fingerprint density at radius 2 is 1.62 bits per heavy atom. The minimum Gasteiger partial charge on any atom is -0.394 e. The fraction of sp³-hybridized carbons (Fsp3) is 0.938. The summed E-state index contributed by atoms with van der Waals surface area (Å²) in [6.07, 6.45) is -0.152. The molecule has 0 radical (unpaired) electrons. The van der Waals surface area contributed by atoms with E-state index in [0.29, 0.717) is 6.54 Å². The molecule has 4 atom stereocenters. The van der Waals surface area contributed by atoms with Crippen LogP contribution in [0.1, 0.15) is 46.8 Å². The first-order valence-corrected chi connectivity index (χ1v) is 8.54. The maximum Gasteiger partial charge on any atom is 0.317 e. The Bertz CT molecular complexity index is 351. The van der Waals surface area contributed by atoms with Crippen LogP contribution in [0.15, 0.2) is 0 Å². The van der Waals surface area contributed by atoms with Crippen molar-refractivity contribution in [2.45, 2.75) is 69.9 Å². The van der Waals surface area contributed by atoms with Gasteiger partial charge in [-0.2, -0.15) is 0 Å². The van der Waals surface area contributed by atoms with Gasteiger partial charge in [0.15, 0.2) is 0 Å². The summed E-state index contributed by atoms with van der Waals surface area (Å²) in [6.45, 7) is 1.46. The maximum atomic E-state index is 12.0. The van der Waals surface area contributed by atoms with Crippen LogP contribution in [0.3, 0.4) is 0 Å². The number of rotatable bonds is 13. The fourth-order valence-corrected chi connectivity index (χ4v) is 2.19. The van der Waals surface area contributed by atoms with Gasteiger partial charge in [-0.25, -0.2) is 4.79 Å². The van der Waals surface area contributed by atoms with Crippen LogP contribution in [0.5, 0.6) is 0 Å². The summed E-state index contributed by atoms with van der Waals surface area (Å²) in [7, 11) is -0.426. The summed E-state index contributed by atoms with van der Waals surface area (Å²) >= 11 is 0. The largest absolute Gasteiger partial charge is 0.394 e. The maximum absolute atomic E-state index is 12.0. The van der Waals surface area contributed by atoms with E-state index in [1.807, 2.05) is 0 Å². The van der Waals surface area contributed by atoms with E-state index in [4.69, 9.17) is 6.48 Å². The topological polar surface area (TPSA) is 133 Å². The van der Waals surface area contributed by atoms with E-state index in [2.05, 4.69) is 12.2 Å². The number of carbonyl (C=O) groups excluding carboxylic acids is 1. The van der Waals surface area contributed by atoms with Gasteiger partial charge in [-0.05, 0) is 6.42 Å². The Balaban J connectivity index is 4.18. The zero-order valence-electron chi connectivity index (χ0n) is 15.5. The molecule has 0 aliphatic heterocycles. The number of nitrogens with zero attached hydrogens (tertiary/aromatic N) is 1. The molecule has 0 bridgehead atoms. The number of hydrogen-bond donors (Lipinski definition) is 6. The summed E-state index contributed by atoms with van der Waals surface area (Å²) in [5, 5.41) is 49.8. The smallest absolute Gasteiger partial charge is 0.317 e. The van der Waals surface area contributed by atoms with Crippen molar-refractivity contribution >= 4 is 6.03 Å². The first kappa shape index (κ1) is 21.1. The highest BCUT2D eigenvalue weighted by molar-refractivity contribution is 5.73. The monoisotopic (exact) mass is 351 g/mol. The Morgan fingerprint density at radius 3 is 2.21 bits per heavy atom. The zero-order valence-corrected chi connectivity index (χ0v) is 14.5. The number of amides is 2. The van der Waals surface area contributed by atoms with Gasteiger partial charge in [-0.3, -0.25) is 0 Å². The van der Waals surface area contributed by atoms with Crippen LogP contribution in [0, 0.1) is 0 Å². The van der Waals surface area contributed by atoms with E-state index < -0.39 is 44.1 Å². The number of urea groups is 1. The minimum atomic E-state index is -1.75. The highest BCUT2D eigenvalue weighted by atomic mass is 16.4. The van der Waals surface area contributed by atoms with Crippen LogP contribution >= 0.6 is 0 Å². The summed E-state index contributed by atoms with van der Waals surface area (Å²) in [6, 6.07) is -0.535. The summed E-state index contributed by atoms with van der Waals surface area (Å²) in [4.78, 5) is 13.0. The average Bonchev–Trinajstić information content (AvgIpc) is 2.62. The van der Waals surface area contributed by atoms with Gasteiger partial charge in [0.25, 0.3) is 0 Å². The van der Waals surface area contributed by atoms with Gasteiger partial charge in [0.1, 0.15) is 24.4 Å². The Hall–Kier alpha value is -0.930. The van der Waals surface area contributed by atoms with E-state index in [1.165, 1.54) is 19.3 Å². The zero-order chi connectivity index (χ0) is 19.2. The van der Waals surface area contributed by atoms with Gasteiger partial charge in [0, 0.05) is 14.9 Å². The molecule has 24 heavy (non-hydrogen) atoms. The second kappa shape index (κ2) is 13.4. The third-order valence-corrected chi connectivity index (χ3v) is 3.83. The molecule has 0 aliphatic rings. The predicted octanol–water partition coefficient (Wildman–Crippen LogP) is -0.576. The summed E-state index contributed by atoms with van der Waals surface area (Å²) in [5.41, 5.74) is 0. The lowest BCUT2D eigenvalue weighted by Crippen LogP contribution is -2.51. The lowest BCUT2D eigenvalue weighted by atomic mass is 10.0. The minimum absolute atomic E-state index is 0.373. The number of carbonyl (C=O) groups is 1. The number of likely N-dealkylation sites (N-methyl/N-ethyl adjacent to an activating group) is 1. The van der Waals surface area contributed by atoms with Crippen molar-refractivity contribution in [1.29, 1.82) is 0 Å². The number of unbranched alkanes of at least 4 members (excludes halogenated alkanes) is 5. The first-order valence-electron chi connectivity index (χ1n) is 9.24. The first-order chi connectivity index (χ1) is 11.9. The van der Waals surface area contributed by atoms with Crippen molar-refractivity contribution in [3.8, 4) is 0 Å². The van der Waals surface area contributed by atoms with E-state index in [0.717, 1.165) is 24.2 Å². The molecule has 0 aromatic carbocycles. The Morgan fingerprint density at radius 1 is 1.04 bits per heavy atom. The van der Waals surface area contributed by atoms with Gasteiger partial charge < -0.3 is 35.7 Å². The molecule has 0 spiro atoms. The van der Waals surface area contributed by atoms with E-state index in [1.54, 1.807) is 0 Å². The predicted molar refractivity (Wildman–Crippen MR) is 90.5 cm³/mol. The molecule has 0 fully saturated rings. The number of hydrogen-bond acceptors (Lipinski definition) is 6. The molecule has 0 heterocycles. The standard InChI is InChI=1S/C16H34N2O6/c1-3-4-5-6-7-8-9-17-16(24)18(2)10-12(20)14(22)15(23)13(21)11-19/h12-15,19-23H,3-11H2,1-2H3,(H,17,24)/t12-,13+,14+,15+/m0/s1/i2D. The summed E-state index contributed by atoms with van der Waals surface area (Å²) in [5.74, 6) is 0. The van der Waals surface area contributed by atoms with Crippen LogP contribution in [-0.2, 0) is 0 Å². The van der Waals surface area contributed by atoms with Crippen molar-refractivity contribution < 1.29 is 31.7 Å². The fourth-order valence-electron chi connectivity index (χ4n) is 2.19. The lowest BCUT2D eigenvalue weighted by Gasteiger charge is -2.28. The van der Waals surface area contributed by atoms with Crippen LogP contribution in [0.4, 0.5) is 4.79 Å². The van der Waals surface area contributed by atoms with Crippen LogP contribution in [0.25, 0.3) is 0 Å². The second-order valence-electron chi connectivity index (χ2n) is 6.02. The molecule has 8 heteroatoms. The highest BCUT2D eigenvalue weighted by Gasteiger charge is 2.31. The van der Waals surface area contributed by atoms with E-state index >= 15 is 0 Å². The molecule has 0 aromatic heterocycles. The third kappa shape index (κ3) is 9.39. The van der Waals surface area contributed by atoms with Gasteiger partial charge in [0.05, 0.1) is 13.2 Å². The average molecular weight is 351 g/mol. The molecular weight excluding hydrogens is 316 g/mol. The molecule has 0 unspecified atom stereocenters. The number of aliphatic hydroxyl groups excluding tert-OH is 5. The van der Waals surface area contributed by atoms with Crippen molar-refractivity contribution in [1.82, 2.24) is 10.2 Å². The molecule has 8 nitrogen and oxygen atoms in total. The molecule has 2 amide bonds. The molecule has 0 aliphatic carbocycles. The Labute approximate surface area is 145 Å². The third-order valence-electron chi connectivity index (χ3n) is 3.83. The number of aliphatic hydroxyl groups is 5. The van der Waals surface area contributed by atoms with Crippen molar-refractivity contribution in [2.75, 3.05) is 26.7 Å². The van der Waals surface area contributed by atoms with Gasteiger partial charge >= 0.3 is 6.03 Å². The van der Waals surface area contributed by atoms with E-state index in [-0.39, 0.29) is 6.54 Å². The van der Waals surface area contributed by atoms with Gasteiger partial charge in [-0.1, -0.05) is 39.0 Å². The van der Waals surface area contributed by atoms with Crippen LogP contribution in [0.2, 0.25) is 0 Å². The summed E-state index contributed by atoms with van der Waals surface area (Å²) < 4.78 is 7.37. The van der Waals surface area contributed by atoms with Crippen LogP contribution < -0.4 is 5.32 Å². The van der Waals surface area contributed by atoms with Crippen molar-refractivity contribution in [3.63, 3.8) is 0 Å². The van der Waals surface area contributed by atoms with Crippen molar-refractivity contribution in [3.05, 3.63) is 0 Å². The normalized spacial score (nSPS) is 16.8. The molecular formula is C16H34N2O6. The quantitative estimate of drug-likeness (QED) is 0.246. The lowest BCUT2D eigenvalue weighted by molar-refractivity contribution is -0.117. The Kier molecular flexibility index (Phi) is 11.8. The van der Waals surface area contributed by atoms with Crippen LogP contribution in [-0.4, -0.2) is 87.6 Å². The van der Waals surface area contributed by atoms with Gasteiger partial charge in [-0.15, -0.1) is 0 Å². The van der Waals surface area contributed by atoms with Crippen molar-refractivity contribution in [2.24, 2.45) is 0 Å². The SMILES string of the molecule is [2H]CN(C[C@H](O)[C@@H](O)[C@H](O)[C@H](O)CO)C(=O)NCCCCCCCC. The molecule has 0 saturated heterocycles. The van der Waals surface area contributed by atoms with Gasteiger partial charge in [0.2, 0.25) is 0 Å². The second-order valence-corrected chi connectivity index (χ2v) is 6.02. The molecule has 144 valence electrons. The van der Waals surface area contributed by atoms with E-state index in [9.17, 15) is 25.2 Å². The number of nitrogens with one attached hydrogen (secondary N) is 1. The molecule has 0 saturated carbocycles.